The first-order chi connectivity index (χ1) is 13.3. The van der Waals surface area contributed by atoms with E-state index in [4.69, 9.17) is 4.74 Å². The minimum absolute atomic E-state index is 0.0635. The summed E-state index contributed by atoms with van der Waals surface area (Å²) < 4.78 is 5.20. The Hall–Kier alpha value is -2.47. The van der Waals surface area contributed by atoms with Crippen molar-refractivity contribution in [1.82, 2.24) is 14.9 Å². The van der Waals surface area contributed by atoms with Crippen LogP contribution in [0.1, 0.15) is 33.5 Å². The number of aromatic nitrogens is 2. The lowest BCUT2D eigenvalue weighted by atomic mass is 10.1. The number of amides is 1. The Bertz CT molecular complexity index is 957. The molecule has 1 heterocycles. The summed E-state index contributed by atoms with van der Waals surface area (Å²) in [5.74, 6) is 0.746. The number of fused-ring (bicyclic) bond motifs is 1. The summed E-state index contributed by atoms with van der Waals surface area (Å²) >= 11 is 0. The minimum Gasteiger partial charge on any atom is -0.383 e. The Morgan fingerprint density at radius 2 is 2.04 bits per heavy atom. The molecule has 150 valence electrons. The van der Waals surface area contributed by atoms with Crippen molar-refractivity contribution in [3.8, 4) is 0 Å². The molecule has 0 saturated heterocycles. The van der Waals surface area contributed by atoms with Gasteiger partial charge in [-0.15, -0.1) is 0 Å². The molecule has 1 aliphatic carbocycles. The van der Waals surface area contributed by atoms with Crippen molar-refractivity contribution in [3.63, 3.8) is 0 Å². The van der Waals surface area contributed by atoms with Crippen molar-refractivity contribution < 1.29 is 9.53 Å². The van der Waals surface area contributed by atoms with Gasteiger partial charge in [0.1, 0.15) is 5.82 Å². The molecular formula is C22H29N3O3. The zero-order valence-corrected chi connectivity index (χ0v) is 17.3. The van der Waals surface area contributed by atoms with Crippen LogP contribution in [0.5, 0.6) is 0 Å². The third kappa shape index (κ3) is 4.02. The molecule has 2 atom stereocenters. The number of carbonyl (C=O) groups excluding carboxylic acids is 1. The van der Waals surface area contributed by atoms with Crippen molar-refractivity contribution in [2.24, 2.45) is 17.3 Å². The molecule has 1 aliphatic rings. The molecule has 3 rings (SSSR count). The molecule has 1 N–H and O–H groups in total. The number of aromatic amines is 1. The van der Waals surface area contributed by atoms with Crippen LogP contribution in [0.15, 0.2) is 40.7 Å². The predicted octanol–water partition coefficient (Wildman–Crippen LogP) is 3.14. The Morgan fingerprint density at radius 1 is 1.32 bits per heavy atom. The molecule has 28 heavy (non-hydrogen) atoms. The summed E-state index contributed by atoms with van der Waals surface area (Å²) in [4.78, 5) is 34.8. The van der Waals surface area contributed by atoms with Crippen LogP contribution in [0.25, 0.3) is 10.9 Å². The number of hydrogen-bond acceptors (Lipinski definition) is 4. The van der Waals surface area contributed by atoms with Gasteiger partial charge < -0.3 is 14.6 Å². The van der Waals surface area contributed by atoms with Gasteiger partial charge in [0, 0.05) is 13.7 Å². The first-order valence-corrected chi connectivity index (χ1v) is 9.66. The molecule has 1 aromatic heterocycles. The van der Waals surface area contributed by atoms with Gasteiger partial charge in [-0.3, -0.25) is 9.59 Å². The van der Waals surface area contributed by atoms with Gasteiger partial charge in [0.15, 0.2) is 0 Å². The smallest absolute Gasteiger partial charge is 0.258 e. The van der Waals surface area contributed by atoms with E-state index in [1.54, 1.807) is 18.1 Å². The summed E-state index contributed by atoms with van der Waals surface area (Å²) in [6, 6.07) is 7.22. The molecule has 0 radical (unpaired) electrons. The SMILES string of the molecule is COCCN(Cc1nc2ccccc2c(=O)[nH]1)C(=O)C1C(C=C(C)C)C1(C)C. The summed E-state index contributed by atoms with van der Waals surface area (Å²) in [6.45, 7) is 9.53. The molecule has 0 bridgehead atoms. The van der Waals surface area contributed by atoms with Crippen LogP contribution < -0.4 is 5.56 Å². The summed E-state index contributed by atoms with van der Waals surface area (Å²) in [7, 11) is 1.62. The van der Waals surface area contributed by atoms with E-state index in [2.05, 4.69) is 43.7 Å². The van der Waals surface area contributed by atoms with Crippen molar-refractivity contribution in [3.05, 3.63) is 52.1 Å². The molecule has 1 saturated carbocycles. The van der Waals surface area contributed by atoms with Crippen LogP contribution >= 0.6 is 0 Å². The van der Waals surface area contributed by atoms with Gasteiger partial charge in [0.05, 0.1) is 30.0 Å². The number of hydrogen-bond donors (Lipinski definition) is 1. The fraction of sp³-hybridized carbons (Fsp3) is 0.500. The van der Waals surface area contributed by atoms with Crippen LogP contribution in [0.4, 0.5) is 0 Å². The maximum atomic E-state index is 13.3. The molecule has 2 aromatic rings. The Labute approximate surface area is 165 Å². The topological polar surface area (TPSA) is 75.3 Å². The van der Waals surface area contributed by atoms with Gasteiger partial charge in [0.2, 0.25) is 5.91 Å². The van der Waals surface area contributed by atoms with Crippen molar-refractivity contribution in [2.45, 2.75) is 34.2 Å². The second-order valence-corrected chi connectivity index (χ2v) is 8.35. The molecule has 2 unspecified atom stereocenters. The molecular weight excluding hydrogens is 354 g/mol. The normalized spacial score (nSPS) is 20.0. The minimum atomic E-state index is -0.186. The lowest BCUT2D eigenvalue weighted by molar-refractivity contribution is -0.134. The van der Waals surface area contributed by atoms with Gasteiger partial charge in [-0.1, -0.05) is 37.6 Å². The third-order valence-electron chi connectivity index (χ3n) is 5.57. The van der Waals surface area contributed by atoms with Gasteiger partial charge in [-0.2, -0.15) is 0 Å². The second-order valence-electron chi connectivity index (χ2n) is 8.35. The molecule has 0 aliphatic heterocycles. The van der Waals surface area contributed by atoms with Crippen LogP contribution in [0.2, 0.25) is 0 Å². The van der Waals surface area contributed by atoms with E-state index in [9.17, 15) is 9.59 Å². The monoisotopic (exact) mass is 383 g/mol. The Kier molecular flexibility index (Phi) is 5.70. The lowest BCUT2D eigenvalue weighted by Gasteiger charge is -2.23. The number of rotatable bonds is 7. The van der Waals surface area contributed by atoms with Crippen LogP contribution in [-0.4, -0.2) is 41.0 Å². The number of allylic oxidation sites excluding steroid dienone is 2. The van der Waals surface area contributed by atoms with E-state index in [0.717, 1.165) is 0 Å². The number of methoxy groups -OCH3 is 1. The zero-order valence-electron chi connectivity index (χ0n) is 17.3. The number of carbonyl (C=O) groups is 1. The third-order valence-corrected chi connectivity index (χ3v) is 5.57. The largest absolute Gasteiger partial charge is 0.383 e. The number of H-pyrrole nitrogens is 1. The highest BCUT2D eigenvalue weighted by Gasteiger charge is 2.61. The first-order valence-electron chi connectivity index (χ1n) is 9.66. The number of ether oxygens (including phenoxy) is 1. The number of nitrogens with one attached hydrogen (secondary N) is 1. The average Bonchev–Trinajstić information content (AvgIpc) is 3.17. The highest BCUT2D eigenvalue weighted by Crippen LogP contribution is 2.60. The predicted molar refractivity (Wildman–Crippen MR) is 110 cm³/mol. The Morgan fingerprint density at radius 3 is 2.71 bits per heavy atom. The van der Waals surface area contributed by atoms with Crippen molar-refractivity contribution >= 4 is 16.8 Å². The average molecular weight is 383 g/mol. The summed E-state index contributed by atoms with van der Waals surface area (Å²) in [6.07, 6.45) is 2.19. The second kappa shape index (κ2) is 7.87. The molecule has 1 fully saturated rings. The molecule has 1 aromatic carbocycles. The van der Waals surface area contributed by atoms with Crippen molar-refractivity contribution in [2.75, 3.05) is 20.3 Å². The fourth-order valence-corrected chi connectivity index (χ4v) is 3.88. The van der Waals surface area contributed by atoms with Crippen LogP contribution in [-0.2, 0) is 16.1 Å². The van der Waals surface area contributed by atoms with E-state index < -0.39 is 0 Å². The van der Waals surface area contributed by atoms with E-state index in [1.807, 2.05) is 18.2 Å². The fourth-order valence-electron chi connectivity index (χ4n) is 3.88. The van der Waals surface area contributed by atoms with E-state index in [0.29, 0.717) is 29.9 Å². The van der Waals surface area contributed by atoms with E-state index in [-0.39, 0.29) is 35.3 Å². The maximum Gasteiger partial charge on any atom is 0.258 e. The maximum absolute atomic E-state index is 13.3. The number of nitrogens with zero attached hydrogens (tertiary/aromatic N) is 2. The highest BCUT2D eigenvalue weighted by molar-refractivity contribution is 5.84. The molecule has 1 amide bonds. The lowest BCUT2D eigenvalue weighted by Crippen LogP contribution is -2.36. The zero-order chi connectivity index (χ0) is 20.5. The van der Waals surface area contributed by atoms with E-state index in [1.165, 1.54) is 5.57 Å². The number of benzene rings is 1. The highest BCUT2D eigenvalue weighted by atomic mass is 16.5. The first kappa shape index (κ1) is 20.3. The van der Waals surface area contributed by atoms with Crippen LogP contribution in [0.3, 0.4) is 0 Å². The quantitative estimate of drug-likeness (QED) is 0.746. The molecule has 6 nitrogen and oxygen atoms in total. The van der Waals surface area contributed by atoms with Gasteiger partial charge >= 0.3 is 0 Å². The van der Waals surface area contributed by atoms with Crippen LogP contribution in [0, 0.1) is 17.3 Å². The summed E-state index contributed by atoms with van der Waals surface area (Å²) in [5, 5.41) is 0.549. The molecule has 0 spiro atoms. The van der Waals surface area contributed by atoms with E-state index >= 15 is 0 Å². The van der Waals surface area contributed by atoms with Gasteiger partial charge in [-0.25, -0.2) is 4.98 Å². The van der Waals surface area contributed by atoms with Gasteiger partial charge in [-0.05, 0) is 37.3 Å². The van der Waals surface area contributed by atoms with Gasteiger partial charge in [0.25, 0.3) is 5.56 Å². The van der Waals surface area contributed by atoms with Crippen molar-refractivity contribution in [1.29, 1.82) is 0 Å². The number of para-hydroxylation sites is 1. The Balaban J connectivity index is 1.86. The summed E-state index contributed by atoms with van der Waals surface area (Å²) in [5.41, 5.74) is 1.60. The molecule has 6 heteroatoms. The standard InChI is InChI=1S/C22H29N3O3/c1-14(2)12-16-19(22(16,3)4)21(27)25(10-11-28-5)13-18-23-17-9-7-6-8-15(17)20(26)24-18/h6-9,12,16,19H,10-11,13H2,1-5H3,(H,23,24,26).